The number of carbonyl (C=O) groups excluding carboxylic acids is 1. The summed E-state index contributed by atoms with van der Waals surface area (Å²) in [5.41, 5.74) is 1.49. The van der Waals surface area contributed by atoms with Crippen LogP contribution in [-0.2, 0) is 4.79 Å². The lowest BCUT2D eigenvalue weighted by Gasteiger charge is -2.37. The number of para-hydroxylation sites is 1. The third-order valence-corrected chi connectivity index (χ3v) is 6.36. The standard InChI is InChI=1S/C26H26F2N4O3/c1-14-23(15-10-16(27)12-17(28)11-15)32-24(30-14)22(26(2,3)34)19(13-29-32)25(33)31-20-8-9-35-21-7-5-4-6-18(20)21/h4-7,10-13,20,24,30,34H,8-9H2,1-3H3,(H,31,33)/t20-,24?/m0/s1. The molecule has 9 heteroatoms. The zero-order chi connectivity index (χ0) is 24.9. The summed E-state index contributed by atoms with van der Waals surface area (Å²) in [5.74, 6) is -1.06. The maximum atomic E-state index is 13.9. The highest BCUT2D eigenvalue weighted by atomic mass is 19.1. The van der Waals surface area contributed by atoms with Crippen LogP contribution in [-0.4, -0.2) is 40.6 Å². The van der Waals surface area contributed by atoms with E-state index in [9.17, 15) is 18.7 Å². The molecule has 0 spiro atoms. The predicted octanol–water partition coefficient (Wildman–Crippen LogP) is 3.59. The van der Waals surface area contributed by atoms with Gasteiger partial charge in [-0.15, -0.1) is 0 Å². The lowest BCUT2D eigenvalue weighted by Crippen LogP contribution is -2.48. The number of nitrogens with one attached hydrogen (secondary N) is 2. The fourth-order valence-electron chi connectivity index (χ4n) is 4.90. The Morgan fingerprint density at radius 2 is 1.94 bits per heavy atom. The maximum absolute atomic E-state index is 13.9. The minimum atomic E-state index is -1.40. The van der Waals surface area contributed by atoms with Crippen molar-refractivity contribution in [3.63, 3.8) is 0 Å². The molecule has 3 heterocycles. The molecule has 0 aromatic heterocycles. The lowest BCUT2D eigenvalue weighted by molar-refractivity contribution is -0.118. The minimum Gasteiger partial charge on any atom is -0.493 e. The molecule has 3 N–H and O–H groups in total. The highest BCUT2D eigenvalue weighted by Gasteiger charge is 2.43. The molecule has 35 heavy (non-hydrogen) atoms. The van der Waals surface area contributed by atoms with Crippen LogP contribution in [0.3, 0.4) is 0 Å². The Hall–Kier alpha value is -3.72. The number of fused-ring (bicyclic) bond motifs is 2. The Morgan fingerprint density at radius 3 is 2.66 bits per heavy atom. The van der Waals surface area contributed by atoms with Crippen molar-refractivity contribution < 1.29 is 23.4 Å². The summed E-state index contributed by atoms with van der Waals surface area (Å²) in [5, 5.41) is 23.4. The molecule has 3 aliphatic rings. The molecular weight excluding hydrogens is 454 g/mol. The number of allylic oxidation sites excluding steroid dienone is 1. The van der Waals surface area contributed by atoms with Gasteiger partial charge in [-0.05, 0) is 39.0 Å². The Morgan fingerprint density at radius 1 is 1.23 bits per heavy atom. The number of rotatable bonds is 4. The van der Waals surface area contributed by atoms with Gasteiger partial charge in [0, 0.05) is 34.9 Å². The molecule has 0 fully saturated rings. The van der Waals surface area contributed by atoms with Gasteiger partial charge >= 0.3 is 0 Å². The largest absolute Gasteiger partial charge is 0.493 e. The number of ether oxygens (including phenoxy) is 1. The zero-order valence-corrected chi connectivity index (χ0v) is 19.6. The summed E-state index contributed by atoms with van der Waals surface area (Å²) in [6.45, 7) is 5.41. The summed E-state index contributed by atoms with van der Waals surface area (Å²) < 4.78 is 33.6. The molecule has 0 bridgehead atoms. The van der Waals surface area contributed by atoms with Crippen LogP contribution in [0.15, 0.2) is 64.4 Å². The van der Waals surface area contributed by atoms with E-state index in [1.54, 1.807) is 20.8 Å². The molecule has 0 radical (unpaired) electrons. The van der Waals surface area contributed by atoms with E-state index in [0.717, 1.165) is 17.4 Å². The number of amides is 1. The van der Waals surface area contributed by atoms with Crippen LogP contribution in [0.5, 0.6) is 5.75 Å². The maximum Gasteiger partial charge on any atom is 0.253 e. The second-order valence-corrected chi connectivity index (χ2v) is 9.36. The van der Waals surface area contributed by atoms with Gasteiger partial charge in [0.1, 0.15) is 23.5 Å². The number of hydrazone groups is 1. The van der Waals surface area contributed by atoms with Crippen molar-refractivity contribution in [2.75, 3.05) is 6.61 Å². The topological polar surface area (TPSA) is 86.2 Å². The van der Waals surface area contributed by atoms with E-state index in [-0.39, 0.29) is 17.5 Å². The molecule has 2 aromatic carbocycles. The normalized spacial score (nSPS) is 21.4. The number of nitrogens with zero attached hydrogens (tertiary/aromatic N) is 2. The summed E-state index contributed by atoms with van der Waals surface area (Å²) >= 11 is 0. The van der Waals surface area contributed by atoms with Crippen LogP contribution >= 0.6 is 0 Å². The predicted molar refractivity (Wildman–Crippen MR) is 127 cm³/mol. The van der Waals surface area contributed by atoms with Gasteiger partial charge in [-0.2, -0.15) is 5.10 Å². The Balaban J connectivity index is 1.49. The summed E-state index contributed by atoms with van der Waals surface area (Å²) in [6, 6.07) is 10.5. The average molecular weight is 481 g/mol. The van der Waals surface area contributed by atoms with Gasteiger partial charge < -0.3 is 20.5 Å². The first-order valence-corrected chi connectivity index (χ1v) is 11.4. The monoisotopic (exact) mass is 480 g/mol. The van der Waals surface area contributed by atoms with Crippen molar-refractivity contribution in [1.29, 1.82) is 0 Å². The molecule has 2 aromatic rings. The summed E-state index contributed by atoms with van der Waals surface area (Å²) in [7, 11) is 0. The first kappa shape index (κ1) is 23.0. The number of carbonyl (C=O) groups is 1. The van der Waals surface area contributed by atoms with Crippen LogP contribution in [0.25, 0.3) is 5.70 Å². The van der Waals surface area contributed by atoms with E-state index in [0.29, 0.717) is 35.6 Å². The van der Waals surface area contributed by atoms with E-state index in [1.165, 1.54) is 23.4 Å². The van der Waals surface area contributed by atoms with Gasteiger partial charge in [0.25, 0.3) is 5.91 Å². The van der Waals surface area contributed by atoms with Gasteiger partial charge in [0.15, 0.2) is 0 Å². The highest BCUT2D eigenvalue weighted by molar-refractivity contribution is 6.14. The molecule has 7 nitrogen and oxygen atoms in total. The second kappa shape index (κ2) is 8.49. The van der Waals surface area contributed by atoms with Crippen LogP contribution in [0.1, 0.15) is 44.4 Å². The fourth-order valence-corrected chi connectivity index (χ4v) is 4.90. The van der Waals surface area contributed by atoms with E-state index in [1.807, 2.05) is 24.3 Å². The Labute approximate surface area is 201 Å². The first-order chi connectivity index (χ1) is 16.6. The molecule has 0 saturated carbocycles. The van der Waals surface area contributed by atoms with Gasteiger partial charge in [-0.3, -0.25) is 4.79 Å². The number of hydrogen-bond acceptors (Lipinski definition) is 6. The van der Waals surface area contributed by atoms with Crippen molar-refractivity contribution in [1.82, 2.24) is 15.6 Å². The molecule has 1 unspecified atom stereocenters. The Bertz CT molecular complexity index is 1280. The van der Waals surface area contributed by atoms with Crippen molar-refractivity contribution >= 4 is 17.8 Å². The van der Waals surface area contributed by atoms with E-state index >= 15 is 0 Å². The number of benzene rings is 2. The number of aliphatic hydroxyl groups is 1. The van der Waals surface area contributed by atoms with Crippen molar-refractivity contribution in [2.45, 2.75) is 45.0 Å². The molecule has 3 aliphatic heterocycles. The van der Waals surface area contributed by atoms with Crippen molar-refractivity contribution in [3.05, 3.63) is 82.1 Å². The molecule has 5 rings (SSSR count). The van der Waals surface area contributed by atoms with Gasteiger partial charge in [0.2, 0.25) is 0 Å². The molecule has 182 valence electrons. The SMILES string of the molecule is CC1=C(c2cc(F)cc(F)c2)N2N=CC(C(=O)N[C@H]3CCOc4ccccc43)=C(C(C)(C)O)C2N1. The third-order valence-electron chi connectivity index (χ3n) is 6.36. The van der Waals surface area contributed by atoms with Crippen LogP contribution in [0, 0.1) is 11.6 Å². The molecule has 0 saturated heterocycles. The van der Waals surface area contributed by atoms with E-state index in [2.05, 4.69) is 15.7 Å². The van der Waals surface area contributed by atoms with Crippen LogP contribution in [0.4, 0.5) is 8.78 Å². The van der Waals surface area contributed by atoms with Crippen LogP contribution < -0.4 is 15.4 Å². The zero-order valence-electron chi connectivity index (χ0n) is 19.6. The smallest absolute Gasteiger partial charge is 0.253 e. The fraction of sp³-hybridized carbons (Fsp3) is 0.308. The third kappa shape index (κ3) is 4.16. The quantitative estimate of drug-likeness (QED) is 0.623. The van der Waals surface area contributed by atoms with E-state index in [4.69, 9.17) is 4.74 Å². The van der Waals surface area contributed by atoms with Crippen molar-refractivity contribution in [3.8, 4) is 5.75 Å². The average Bonchev–Trinajstić information content (AvgIpc) is 3.12. The number of hydrogen-bond donors (Lipinski definition) is 3. The molecule has 1 amide bonds. The summed E-state index contributed by atoms with van der Waals surface area (Å²) in [6.07, 6.45) is 1.29. The number of halogens is 2. The van der Waals surface area contributed by atoms with Gasteiger partial charge in [-0.25, -0.2) is 13.8 Å². The molecule has 2 atom stereocenters. The second-order valence-electron chi connectivity index (χ2n) is 9.36. The Kier molecular flexibility index (Phi) is 5.59. The van der Waals surface area contributed by atoms with E-state index < -0.39 is 23.4 Å². The molecular formula is C26H26F2N4O3. The highest BCUT2D eigenvalue weighted by Crippen LogP contribution is 2.39. The minimum absolute atomic E-state index is 0.231. The first-order valence-electron chi connectivity index (χ1n) is 11.4. The lowest BCUT2D eigenvalue weighted by atomic mass is 9.88. The summed E-state index contributed by atoms with van der Waals surface area (Å²) in [4.78, 5) is 13.5. The van der Waals surface area contributed by atoms with Gasteiger partial charge in [-0.1, -0.05) is 18.2 Å². The van der Waals surface area contributed by atoms with Gasteiger partial charge in [0.05, 0.1) is 35.7 Å². The van der Waals surface area contributed by atoms with Crippen molar-refractivity contribution in [2.24, 2.45) is 5.10 Å². The molecule has 0 aliphatic carbocycles. The van der Waals surface area contributed by atoms with Crippen LogP contribution in [0.2, 0.25) is 0 Å².